The number of nitro groups is 1. The molecule has 0 heterocycles. The van der Waals surface area contributed by atoms with Crippen LogP contribution in [0.2, 0.25) is 5.02 Å². The zero-order valence-electron chi connectivity index (χ0n) is 19.1. The Bertz CT molecular complexity index is 1240. The number of hydrogen-bond donors (Lipinski definition) is 1. The molecule has 0 aliphatic rings. The van der Waals surface area contributed by atoms with Gasteiger partial charge >= 0.3 is 0 Å². The van der Waals surface area contributed by atoms with Crippen molar-refractivity contribution in [3.05, 3.63) is 111 Å². The molecule has 0 bridgehead atoms. The topological polar surface area (TPSA) is 103 Å². The summed E-state index contributed by atoms with van der Waals surface area (Å²) >= 11 is 5.94. The molecule has 0 saturated carbocycles. The van der Waals surface area contributed by atoms with Crippen LogP contribution in [0.5, 0.6) is 11.5 Å². The number of allylic oxidation sites excluding steroid dienone is 1. The third kappa shape index (κ3) is 7.15. The fraction of sp³-hybridized carbons (Fsp3) is 0.154. The number of benzene rings is 3. The monoisotopic (exact) mass is 493 g/mol. The normalized spacial score (nSPS) is 10.7. The lowest BCUT2D eigenvalue weighted by Crippen LogP contribution is -2.20. The van der Waals surface area contributed by atoms with Crippen molar-refractivity contribution in [2.24, 2.45) is 5.10 Å². The van der Waals surface area contributed by atoms with Gasteiger partial charge < -0.3 is 9.47 Å². The Morgan fingerprint density at radius 2 is 1.91 bits per heavy atom. The highest BCUT2D eigenvalue weighted by Gasteiger charge is 2.15. The highest BCUT2D eigenvalue weighted by Crippen LogP contribution is 2.34. The number of ether oxygens (including phenoxy) is 2. The molecule has 3 aromatic carbocycles. The Labute approximate surface area is 208 Å². The maximum absolute atomic E-state index is 12.3. The molecule has 0 spiro atoms. The number of para-hydroxylation sites is 1. The van der Waals surface area contributed by atoms with Crippen LogP contribution in [-0.2, 0) is 24.2 Å². The average Bonchev–Trinajstić information content (AvgIpc) is 2.84. The van der Waals surface area contributed by atoms with Crippen molar-refractivity contribution in [1.29, 1.82) is 0 Å². The van der Waals surface area contributed by atoms with E-state index in [1.165, 1.54) is 25.5 Å². The average molecular weight is 494 g/mol. The van der Waals surface area contributed by atoms with Crippen molar-refractivity contribution in [2.75, 3.05) is 7.11 Å². The number of methoxy groups -OCH3 is 1. The summed E-state index contributed by atoms with van der Waals surface area (Å²) in [6.45, 7) is 4.13. The van der Waals surface area contributed by atoms with Crippen LogP contribution in [0.25, 0.3) is 0 Å². The molecule has 8 nitrogen and oxygen atoms in total. The van der Waals surface area contributed by atoms with E-state index < -0.39 is 10.8 Å². The molecule has 0 fully saturated rings. The molecule has 0 atom stereocenters. The van der Waals surface area contributed by atoms with Gasteiger partial charge in [-0.3, -0.25) is 14.9 Å². The van der Waals surface area contributed by atoms with Crippen molar-refractivity contribution in [3.63, 3.8) is 0 Å². The Morgan fingerprint density at radius 1 is 1.17 bits per heavy atom. The Balaban J connectivity index is 1.72. The first-order chi connectivity index (χ1) is 16.9. The fourth-order valence-corrected chi connectivity index (χ4v) is 3.47. The van der Waals surface area contributed by atoms with Crippen molar-refractivity contribution >= 4 is 29.4 Å². The van der Waals surface area contributed by atoms with Gasteiger partial charge in [-0.1, -0.05) is 48.0 Å². The van der Waals surface area contributed by atoms with Crippen molar-refractivity contribution in [2.45, 2.75) is 19.4 Å². The number of carbonyl (C=O) groups is 1. The maximum atomic E-state index is 12.3. The number of nitrogens with one attached hydrogen (secondary N) is 1. The summed E-state index contributed by atoms with van der Waals surface area (Å²) in [5.41, 5.74) is 5.06. The Kier molecular flexibility index (Phi) is 8.97. The van der Waals surface area contributed by atoms with Gasteiger partial charge in [-0.25, -0.2) is 5.43 Å². The quantitative estimate of drug-likeness (QED) is 0.170. The molecule has 35 heavy (non-hydrogen) atoms. The minimum Gasteiger partial charge on any atom is -0.493 e. The number of nitro benzene ring substituents is 1. The lowest BCUT2D eigenvalue weighted by Gasteiger charge is -2.16. The van der Waals surface area contributed by atoms with Crippen LogP contribution in [0.3, 0.4) is 0 Å². The van der Waals surface area contributed by atoms with Gasteiger partial charge in [0.05, 0.1) is 24.7 Å². The standard InChI is InChI=1S/C26H24ClN3O5/c1-3-6-21-13-19(14-24(34-2)26(21)35-17-18-9-11-22(27)12-10-18)16-28-29-25(31)15-20-7-4-5-8-23(20)30(32)33/h3-5,7-14,16H,1,6,15,17H2,2H3,(H,29,31)/b28-16+. The zero-order valence-corrected chi connectivity index (χ0v) is 19.8. The van der Waals surface area contributed by atoms with Gasteiger partial charge in [0.15, 0.2) is 11.5 Å². The van der Waals surface area contributed by atoms with Crippen LogP contribution < -0.4 is 14.9 Å². The van der Waals surface area contributed by atoms with Crippen LogP contribution in [0, 0.1) is 10.1 Å². The molecular weight excluding hydrogens is 470 g/mol. The number of nitrogens with zero attached hydrogens (tertiary/aromatic N) is 2. The smallest absolute Gasteiger partial charge is 0.273 e. The predicted octanol–water partition coefficient (Wildman–Crippen LogP) is 5.26. The molecule has 0 saturated heterocycles. The second-order valence-corrected chi connectivity index (χ2v) is 7.91. The van der Waals surface area contributed by atoms with Gasteiger partial charge in [-0.15, -0.1) is 6.58 Å². The SMILES string of the molecule is C=CCc1cc(/C=N/NC(=O)Cc2ccccc2[N+](=O)[O-])cc(OC)c1OCc1ccc(Cl)cc1. The van der Waals surface area contributed by atoms with Crippen LogP contribution in [0.1, 0.15) is 22.3 Å². The molecule has 1 amide bonds. The summed E-state index contributed by atoms with van der Waals surface area (Å²) < 4.78 is 11.6. The summed E-state index contributed by atoms with van der Waals surface area (Å²) in [5, 5.41) is 15.8. The van der Waals surface area contributed by atoms with Gasteiger partial charge in [-0.2, -0.15) is 5.10 Å². The van der Waals surface area contributed by atoms with E-state index in [0.29, 0.717) is 40.7 Å². The second kappa shape index (κ2) is 12.3. The number of amides is 1. The lowest BCUT2D eigenvalue weighted by atomic mass is 10.1. The fourth-order valence-electron chi connectivity index (χ4n) is 3.35. The van der Waals surface area contributed by atoms with E-state index in [1.807, 2.05) is 18.2 Å². The number of hydrazone groups is 1. The van der Waals surface area contributed by atoms with Gasteiger partial charge in [0.25, 0.3) is 5.69 Å². The minimum absolute atomic E-state index is 0.111. The first-order valence-corrected chi connectivity index (χ1v) is 11.0. The molecule has 9 heteroatoms. The number of hydrogen-bond acceptors (Lipinski definition) is 6. The van der Waals surface area contributed by atoms with Crippen LogP contribution in [-0.4, -0.2) is 24.2 Å². The second-order valence-electron chi connectivity index (χ2n) is 7.48. The van der Waals surface area contributed by atoms with Crippen LogP contribution >= 0.6 is 11.6 Å². The Morgan fingerprint density at radius 3 is 2.60 bits per heavy atom. The molecular formula is C26H24ClN3O5. The van der Waals surface area contributed by atoms with Crippen molar-refractivity contribution in [3.8, 4) is 11.5 Å². The number of rotatable bonds is 11. The highest BCUT2D eigenvalue weighted by molar-refractivity contribution is 6.30. The Hall–Kier alpha value is -4.17. The van der Waals surface area contributed by atoms with E-state index in [4.69, 9.17) is 21.1 Å². The highest BCUT2D eigenvalue weighted by atomic mass is 35.5. The van der Waals surface area contributed by atoms with E-state index in [0.717, 1.165) is 11.1 Å². The summed E-state index contributed by atoms with van der Waals surface area (Å²) in [6.07, 6.45) is 3.57. The molecule has 0 radical (unpaired) electrons. The largest absolute Gasteiger partial charge is 0.493 e. The molecule has 0 aliphatic heterocycles. The minimum atomic E-state index is -0.518. The molecule has 1 N–H and O–H groups in total. The molecule has 180 valence electrons. The molecule has 3 rings (SSSR count). The molecule has 3 aromatic rings. The van der Waals surface area contributed by atoms with Crippen LogP contribution in [0.15, 0.2) is 78.4 Å². The third-order valence-electron chi connectivity index (χ3n) is 4.98. The summed E-state index contributed by atoms with van der Waals surface area (Å²) in [7, 11) is 1.54. The molecule has 0 aromatic heterocycles. The van der Waals surface area contributed by atoms with Crippen molar-refractivity contribution < 1.29 is 19.2 Å². The summed E-state index contributed by atoms with van der Waals surface area (Å²) in [4.78, 5) is 22.9. The predicted molar refractivity (Wildman–Crippen MR) is 135 cm³/mol. The summed E-state index contributed by atoms with van der Waals surface area (Å²) in [5.74, 6) is 0.614. The van der Waals surface area contributed by atoms with E-state index in [2.05, 4.69) is 17.1 Å². The van der Waals surface area contributed by atoms with Gasteiger partial charge in [0.1, 0.15) is 6.61 Å². The maximum Gasteiger partial charge on any atom is 0.273 e. The van der Waals surface area contributed by atoms with Crippen molar-refractivity contribution in [1.82, 2.24) is 5.43 Å². The van der Waals surface area contributed by atoms with E-state index in [1.54, 1.807) is 36.4 Å². The van der Waals surface area contributed by atoms with E-state index in [9.17, 15) is 14.9 Å². The van der Waals surface area contributed by atoms with Gasteiger partial charge in [-0.05, 0) is 41.8 Å². The van der Waals surface area contributed by atoms with E-state index in [-0.39, 0.29) is 12.1 Å². The van der Waals surface area contributed by atoms with Crippen LogP contribution in [0.4, 0.5) is 5.69 Å². The number of halogens is 1. The lowest BCUT2D eigenvalue weighted by molar-refractivity contribution is -0.385. The van der Waals surface area contributed by atoms with Gasteiger partial charge in [0.2, 0.25) is 5.91 Å². The van der Waals surface area contributed by atoms with Gasteiger partial charge in [0, 0.05) is 22.2 Å². The molecule has 0 aliphatic carbocycles. The zero-order chi connectivity index (χ0) is 25.2. The first-order valence-electron chi connectivity index (χ1n) is 10.6. The summed E-state index contributed by atoms with van der Waals surface area (Å²) in [6, 6.07) is 17.0. The first kappa shape index (κ1) is 25.5. The van der Waals surface area contributed by atoms with E-state index >= 15 is 0 Å². The third-order valence-corrected chi connectivity index (χ3v) is 5.23. The number of carbonyl (C=O) groups excluding carboxylic acids is 1. The molecule has 0 unspecified atom stereocenters.